The van der Waals surface area contributed by atoms with Gasteiger partial charge < -0.3 is 20.4 Å². The molecule has 1 atom stereocenters. The molecule has 2 aliphatic heterocycles. The summed E-state index contributed by atoms with van der Waals surface area (Å²) in [5.41, 5.74) is 0. The highest BCUT2D eigenvalue weighted by Crippen LogP contribution is 2.21. The standard InChI is InChI=1S/C14H26N4O2S.ClH/c1-2-13(19)18-11-21-10-12(18)14(20)16-4-3-7-17-8-5-15-6-9-17;/h12,15H,2-11H2,1H3,(H,16,20);1H. The predicted molar refractivity (Wildman–Crippen MR) is 92.4 cm³/mol. The number of hydrogen-bond acceptors (Lipinski definition) is 5. The van der Waals surface area contributed by atoms with E-state index in [1.807, 2.05) is 6.92 Å². The van der Waals surface area contributed by atoms with Crippen molar-refractivity contribution in [3.8, 4) is 0 Å². The fourth-order valence-corrected chi connectivity index (χ4v) is 3.86. The molecule has 0 aromatic rings. The molecule has 0 saturated carbocycles. The Bertz CT molecular complexity index is 367. The van der Waals surface area contributed by atoms with Crippen molar-refractivity contribution in [2.75, 3.05) is 50.9 Å². The third kappa shape index (κ3) is 5.61. The minimum atomic E-state index is -0.276. The van der Waals surface area contributed by atoms with E-state index in [9.17, 15) is 9.59 Å². The van der Waals surface area contributed by atoms with Crippen molar-refractivity contribution < 1.29 is 9.59 Å². The first-order valence-corrected chi connectivity index (χ1v) is 8.96. The molecule has 8 heteroatoms. The third-order valence-corrected chi connectivity index (χ3v) is 4.98. The summed E-state index contributed by atoms with van der Waals surface area (Å²) < 4.78 is 0. The van der Waals surface area contributed by atoms with Gasteiger partial charge in [0.15, 0.2) is 0 Å². The molecule has 0 aromatic heterocycles. The fraction of sp³-hybridized carbons (Fsp3) is 0.857. The fourth-order valence-electron chi connectivity index (χ4n) is 2.68. The number of nitrogens with one attached hydrogen (secondary N) is 2. The van der Waals surface area contributed by atoms with E-state index in [1.165, 1.54) is 0 Å². The molecular formula is C14H27ClN4O2S. The Hall–Kier alpha value is -0.500. The van der Waals surface area contributed by atoms with Gasteiger partial charge in [-0.05, 0) is 13.0 Å². The first kappa shape index (κ1) is 19.5. The van der Waals surface area contributed by atoms with Gasteiger partial charge in [-0.15, -0.1) is 24.2 Å². The van der Waals surface area contributed by atoms with Crippen molar-refractivity contribution in [1.29, 1.82) is 0 Å². The SMILES string of the molecule is CCC(=O)N1CSCC1C(=O)NCCCN1CCNCC1.Cl. The van der Waals surface area contributed by atoms with Gasteiger partial charge in [0, 0.05) is 44.9 Å². The Labute approximate surface area is 143 Å². The van der Waals surface area contributed by atoms with Crippen LogP contribution in [0.25, 0.3) is 0 Å². The maximum absolute atomic E-state index is 12.2. The van der Waals surface area contributed by atoms with E-state index in [2.05, 4.69) is 15.5 Å². The summed E-state index contributed by atoms with van der Waals surface area (Å²) in [5, 5.41) is 6.31. The van der Waals surface area contributed by atoms with Crippen molar-refractivity contribution in [1.82, 2.24) is 20.4 Å². The lowest BCUT2D eigenvalue weighted by molar-refractivity contribution is -0.137. The van der Waals surface area contributed by atoms with E-state index in [-0.39, 0.29) is 30.3 Å². The van der Waals surface area contributed by atoms with Crippen molar-refractivity contribution in [2.45, 2.75) is 25.8 Å². The number of carbonyl (C=O) groups is 2. The van der Waals surface area contributed by atoms with Gasteiger partial charge in [0.05, 0.1) is 5.88 Å². The monoisotopic (exact) mass is 350 g/mol. The highest BCUT2D eigenvalue weighted by molar-refractivity contribution is 7.99. The van der Waals surface area contributed by atoms with Gasteiger partial charge >= 0.3 is 0 Å². The number of thioether (sulfide) groups is 1. The second-order valence-electron chi connectivity index (χ2n) is 5.47. The van der Waals surface area contributed by atoms with Crippen LogP contribution in [0.5, 0.6) is 0 Å². The molecule has 2 amide bonds. The maximum Gasteiger partial charge on any atom is 0.243 e. The van der Waals surface area contributed by atoms with Gasteiger partial charge in [-0.25, -0.2) is 0 Å². The quantitative estimate of drug-likeness (QED) is 0.667. The summed E-state index contributed by atoms with van der Waals surface area (Å²) in [6, 6.07) is -0.276. The number of halogens is 1. The molecule has 2 fully saturated rings. The Morgan fingerprint density at radius 1 is 1.32 bits per heavy atom. The highest BCUT2D eigenvalue weighted by atomic mass is 35.5. The van der Waals surface area contributed by atoms with Gasteiger partial charge in [0.2, 0.25) is 11.8 Å². The topological polar surface area (TPSA) is 64.7 Å². The third-order valence-electron chi connectivity index (χ3n) is 3.97. The molecule has 2 rings (SSSR count). The van der Waals surface area contributed by atoms with Crippen LogP contribution in [0.15, 0.2) is 0 Å². The molecular weight excluding hydrogens is 324 g/mol. The van der Waals surface area contributed by atoms with Gasteiger partial charge in [-0.3, -0.25) is 9.59 Å². The second-order valence-corrected chi connectivity index (χ2v) is 6.47. The average molecular weight is 351 g/mol. The average Bonchev–Trinajstić information content (AvgIpc) is 3.01. The zero-order valence-corrected chi connectivity index (χ0v) is 14.8. The van der Waals surface area contributed by atoms with E-state index in [4.69, 9.17) is 0 Å². The highest BCUT2D eigenvalue weighted by Gasteiger charge is 2.33. The molecule has 22 heavy (non-hydrogen) atoms. The number of hydrogen-bond donors (Lipinski definition) is 2. The molecule has 0 aromatic carbocycles. The lowest BCUT2D eigenvalue weighted by Gasteiger charge is -2.27. The first-order chi connectivity index (χ1) is 10.2. The van der Waals surface area contributed by atoms with E-state index in [1.54, 1.807) is 16.7 Å². The lowest BCUT2D eigenvalue weighted by Crippen LogP contribution is -2.48. The number of carbonyl (C=O) groups excluding carboxylic acids is 2. The van der Waals surface area contributed by atoms with Crippen LogP contribution in [-0.4, -0.2) is 78.6 Å². The molecule has 2 aliphatic rings. The van der Waals surface area contributed by atoms with E-state index >= 15 is 0 Å². The zero-order chi connectivity index (χ0) is 15.1. The first-order valence-electron chi connectivity index (χ1n) is 7.80. The van der Waals surface area contributed by atoms with Crippen LogP contribution in [0.2, 0.25) is 0 Å². The van der Waals surface area contributed by atoms with E-state index < -0.39 is 0 Å². The summed E-state index contributed by atoms with van der Waals surface area (Å²) in [7, 11) is 0. The van der Waals surface area contributed by atoms with Crippen LogP contribution in [-0.2, 0) is 9.59 Å². The molecule has 1 unspecified atom stereocenters. The second kappa shape index (κ2) is 10.3. The number of piperazine rings is 1. The van der Waals surface area contributed by atoms with E-state index in [0.717, 1.165) is 44.9 Å². The molecule has 0 bridgehead atoms. The van der Waals surface area contributed by atoms with Crippen molar-refractivity contribution in [3.63, 3.8) is 0 Å². The van der Waals surface area contributed by atoms with Crippen molar-refractivity contribution in [3.05, 3.63) is 0 Å². The summed E-state index contributed by atoms with van der Waals surface area (Å²) >= 11 is 1.65. The van der Waals surface area contributed by atoms with Gasteiger partial charge in [0.1, 0.15) is 6.04 Å². The molecule has 0 spiro atoms. The largest absolute Gasteiger partial charge is 0.354 e. The smallest absolute Gasteiger partial charge is 0.243 e. The van der Waals surface area contributed by atoms with Crippen LogP contribution in [0.1, 0.15) is 19.8 Å². The molecule has 0 radical (unpaired) electrons. The lowest BCUT2D eigenvalue weighted by atomic mass is 10.2. The van der Waals surface area contributed by atoms with E-state index in [0.29, 0.717) is 18.8 Å². The molecule has 6 nitrogen and oxygen atoms in total. The normalized spacial score (nSPS) is 22.2. The predicted octanol–water partition coefficient (Wildman–Crippen LogP) is 0.131. The van der Waals surface area contributed by atoms with Gasteiger partial charge in [0.25, 0.3) is 0 Å². The Morgan fingerprint density at radius 3 is 2.73 bits per heavy atom. The summed E-state index contributed by atoms with van der Waals surface area (Å²) in [5.74, 6) is 1.43. The maximum atomic E-state index is 12.2. The minimum Gasteiger partial charge on any atom is -0.354 e. The zero-order valence-electron chi connectivity index (χ0n) is 13.2. The van der Waals surface area contributed by atoms with Crippen LogP contribution in [0, 0.1) is 0 Å². The minimum absolute atomic E-state index is 0. The van der Waals surface area contributed by atoms with Crippen LogP contribution in [0.4, 0.5) is 0 Å². The van der Waals surface area contributed by atoms with Crippen LogP contribution < -0.4 is 10.6 Å². The van der Waals surface area contributed by atoms with Crippen molar-refractivity contribution in [2.24, 2.45) is 0 Å². The molecule has 2 saturated heterocycles. The van der Waals surface area contributed by atoms with Gasteiger partial charge in [-0.2, -0.15) is 0 Å². The summed E-state index contributed by atoms with van der Waals surface area (Å²) in [6.45, 7) is 7.85. The number of rotatable bonds is 6. The number of amides is 2. The number of nitrogens with zero attached hydrogens (tertiary/aromatic N) is 2. The Morgan fingerprint density at radius 2 is 2.05 bits per heavy atom. The Balaban J connectivity index is 0.00000242. The van der Waals surface area contributed by atoms with Crippen LogP contribution in [0.3, 0.4) is 0 Å². The molecule has 2 N–H and O–H groups in total. The summed E-state index contributed by atoms with van der Waals surface area (Å²) in [6.07, 6.45) is 1.43. The molecule has 0 aliphatic carbocycles. The van der Waals surface area contributed by atoms with Crippen LogP contribution >= 0.6 is 24.2 Å². The van der Waals surface area contributed by atoms with Gasteiger partial charge in [-0.1, -0.05) is 6.92 Å². The van der Waals surface area contributed by atoms with Crippen molar-refractivity contribution >= 4 is 36.0 Å². The summed E-state index contributed by atoms with van der Waals surface area (Å²) in [4.78, 5) is 28.1. The molecule has 128 valence electrons. The Kier molecular flexibility index (Phi) is 9.16. The molecule has 2 heterocycles.